The second-order valence-electron chi connectivity index (χ2n) is 5.42. The van der Waals surface area contributed by atoms with Gasteiger partial charge in [0.15, 0.2) is 5.82 Å². The largest absolute Gasteiger partial charge is 0.342 e. The first-order chi connectivity index (χ1) is 8.74. The molecular weight excluding hydrogens is 230 g/mol. The van der Waals surface area contributed by atoms with Gasteiger partial charge in [-0.25, -0.2) is 0 Å². The van der Waals surface area contributed by atoms with Crippen molar-refractivity contribution in [3.05, 3.63) is 11.7 Å². The van der Waals surface area contributed by atoms with Gasteiger partial charge in [-0.2, -0.15) is 4.98 Å². The molecule has 2 aliphatic rings. The minimum absolute atomic E-state index is 0.250. The smallest absolute Gasteiger partial charge is 0.225 e. The number of carbonyl (C=O) groups is 1. The molecule has 0 spiro atoms. The second-order valence-corrected chi connectivity index (χ2v) is 5.42. The third-order valence-corrected chi connectivity index (χ3v) is 4.10. The van der Waals surface area contributed by atoms with Crippen LogP contribution in [-0.2, 0) is 4.79 Å². The van der Waals surface area contributed by atoms with Crippen molar-refractivity contribution in [2.45, 2.75) is 44.9 Å². The highest BCUT2D eigenvalue weighted by Crippen LogP contribution is 2.31. The van der Waals surface area contributed by atoms with Crippen LogP contribution in [0, 0.1) is 12.8 Å². The van der Waals surface area contributed by atoms with Gasteiger partial charge in [-0.3, -0.25) is 4.79 Å². The van der Waals surface area contributed by atoms with Crippen molar-refractivity contribution in [3.63, 3.8) is 0 Å². The summed E-state index contributed by atoms with van der Waals surface area (Å²) in [4.78, 5) is 18.5. The minimum atomic E-state index is 0.250. The maximum Gasteiger partial charge on any atom is 0.225 e. The number of hydrogen-bond donors (Lipinski definition) is 0. The van der Waals surface area contributed by atoms with Gasteiger partial charge in [-0.15, -0.1) is 0 Å². The van der Waals surface area contributed by atoms with Crippen molar-refractivity contribution in [1.82, 2.24) is 15.0 Å². The third kappa shape index (κ3) is 2.13. The lowest BCUT2D eigenvalue weighted by Gasteiger charge is -2.36. The first-order valence-electron chi connectivity index (χ1n) is 6.83. The number of aryl methyl sites for hydroxylation is 1. The molecule has 0 radical (unpaired) electrons. The molecule has 0 bridgehead atoms. The number of amides is 1. The SMILES string of the molecule is Cc1nc(C2CCCN(C(=O)C3CCC3)C2)no1. The average Bonchev–Trinajstić information content (AvgIpc) is 2.74. The van der Waals surface area contributed by atoms with E-state index in [-0.39, 0.29) is 11.8 Å². The Morgan fingerprint density at radius 2 is 2.17 bits per heavy atom. The normalized spacial score (nSPS) is 24.9. The Morgan fingerprint density at radius 3 is 2.78 bits per heavy atom. The van der Waals surface area contributed by atoms with Gasteiger partial charge < -0.3 is 9.42 Å². The fourth-order valence-corrected chi connectivity index (χ4v) is 2.78. The highest BCUT2D eigenvalue weighted by Gasteiger charge is 2.33. The molecule has 1 aliphatic carbocycles. The number of aromatic nitrogens is 2. The van der Waals surface area contributed by atoms with E-state index in [1.54, 1.807) is 6.92 Å². The number of likely N-dealkylation sites (tertiary alicyclic amines) is 1. The molecular formula is C13H19N3O2. The van der Waals surface area contributed by atoms with Gasteiger partial charge in [0, 0.05) is 31.8 Å². The van der Waals surface area contributed by atoms with Crippen molar-refractivity contribution in [2.75, 3.05) is 13.1 Å². The molecule has 1 aromatic rings. The van der Waals surface area contributed by atoms with Gasteiger partial charge in [0.2, 0.25) is 11.8 Å². The molecule has 1 atom stereocenters. The summed E-state index contributed by atoms with van der Waals surface area (Å²) < 4.78 is 5.03. The standard InChI is InChI=1S/C13H19N3O2/c1-9-14-12(15-18-9)11-6-3-7-16(8-11)13(17)10-4-2-5-10/h10-11H,2-8H2,1H3. The zero-order valence-corrected chi connectivity index (χ0v) is 10.8. The Morgan fingerprint density at radius 1 is 1.33 bits per heavy atom. The Kier molecular flexibility index (Phi) is 3.06. The van der Waals surface area contributed by atoms with E-state index in [0.29, 0.717) is 11.8 Å². The number of nitrogens with zero attached hydrogens (tertiary/aromatic N) is 3. The molecule has 3 rings (SSSR count). The van der Waals surface area contributed by atoms with Crippen LogP contribution < -0.4 is 0 Å². The Balaban J connectivity index is 1.66. The summed E-state index contributed by atoms with van der Waals surface area (Å²) in [6, 6.07) is 0. The van der Waals surface area contributed by atoms with Crippen LogP contribution in [0.25, 0.3) is 0 Å². The van der Waals surface area contributed by atoms with Crippen LogP contribution in [0.2, 0.25) is 0 Å². The molecule has 1 saturated heterocycles. The Bertz CT molecular complexity index is 439. The van der Waals surface area contributed by atoms with Crippen LogP contribution in [0.1, 0.15) is 49.7 Å². The molecule has 2 heterocycles. The average molecular weight is 249 g/mol. The summed E-state index contributed by atoms with van der Waals surface area (Å²) in [5, 5.41) is 3.99. The van der Waals surface area contributed by atoms with Crippen LogP contribution in [0.4, 0.5) is 0 Å². The van der Waals surface area contributed by atoms with E-state index in [1.807, 2.05) is 4.90 Å². The lowest BCUT2D eigenvalue weighted by molar-refractivity contribution is -0.139. The first-order valence-corrected chi connectivity index (χ1v) is 6.83. The molecule has 1 aromatic heterocycles. The minimum Gasteiger partial charge on any atom is -0.342 e. The van der Waals surface area contributed by atoms with E-state index in [2.05, 4.69) is 10.1 Å². The molecule has 5 heteroatoms. The zero-order valence-electron chi connectivity index (χ0n) is 10.8. The molecule has 98 valence electrons. The summed E-state index contributed by atoms with van der Waals surface area (Å²) in [5.74, 6) is 2.24. The van der Waals surface area contributed by atoms with Crippen LogP contribution in [0.5, 0.6) is 0 Å². The molecule has 0 aromatic carbocycles. The van der Waals surface area contributed by atoms with E-state index in [1.165, 1.54) is 6.42 Å². The molecule has 1 saturated carbocycles. The van der Waals surface area contributed by atoms with Crippen LogP contribution in [0.3, 0.4) is 0 Å². The fourth-order valence-electron chi connectivity index (χ4n) is 2.78. The fraction of sp³-hybridized carbons (Fsp3) is 0.769. The number of hydrogen-bond acceptors (Lipinski definition) is 4. The van der Waals surface area contributed by atoms with E-state index >= 15 is 0 Å². The monoisotopic (exact) mass is 249 g/mol. The summed E-state index contributed by atoms with van der Waals surface area (Å²) in [5.41, 5.74) is 0. The highest BCUT2D eigenvalue weighted by molar-refractivity contribution is 5.79. The lowest BCUT2D eigenvalue weighted by Crippen LogP contribution is -2.44. The van der Waals surface area contributed by atoms with Gasteiger partial charge in [-0.05, 0) is 25.7 Å². The second kappa shape index (κ2) is 4.71. The predicted molar refractivity (Wildman–Crippen MR) is 64.9 cm³/mol. The predicted octanol–water partition coefficient (Wildman–Crippen LogP) is 1.88. The summed E-state index contributed by atoms with van der Waals surface area (Å²) in [6.07, 6.45) is 5.44. The van der Waals surface area contributed by atoms with Crippen molar-refractivity contribution in [3.8, 4) is 0 Å². The van der Waals surface area contributed by atoms with Crippen LogP contribution >= 0.6 is 0 Å². The van der Waals surface area contributed by atoms with Crippen LogP contribution in [0.15, 0.2) is 4.52 Å². The zero-order chi connectivity index (χ0) is 12.5. The number of rotatable bonds is 2. The summed E-state index contributed by atoms with van der Waals surface area (Å²) in [6.45, 7) is 3.45. The maximum atomic E-state index is 12.2. The van der Waals surface area contributed by atoms with Gasteiger partial charge in [0.05, 0.1) is 0 Å². The van der Waals surface area contributed by atoms with Crippen molar-refractivity contribution < 1.29 is 9.32 Å². The van der Waals surface area contributed by atoms with E-state index in [0.717, 1.165) is 44.6 Å². The van der Waals surface area contributed by atoms with Gasteiger partial charge >= 0.3 is 0 Å². The number of carbonyl (C=O) groups excluding carboxylic acids is 1. The van der Waals surface area contributed by atoms with Crippen molar-refractivity contribution in [1.29, 1.82) is 0 Å². The molecule has 1 aliphatic heterocycles. The quantitative estimate of drug-likeness (QED) is 0.803. The number of piperidine rings is 1. The van der Waals surface area contributed by atoms with E-state index < -0.39 is 0 Å². The molecule has 0 N–H and O–H groups in total. The van der Waals surface area contributed by atoms with Crippen LogP contribution in [-0.4, -0.2) is 34.0 Å². The van der Waals surface area contributed by atoms with Crippen molar-refractivity contribution >= 4 is 5.91 Å². The van der Waals surface area contributed by atoms with E-state index in [4.69, 9.17) is 4.52 Å². The molecule has 18 heavy (non-hydrogen) atoms. The molecule has 1 unspecified atom stereocenters. The van der Waals surface area contributed by atoms with E-state index in [9.17, 15) is 4.79 Å². The summed E-state index contributed by atoms with van der Waals surface area (Å²) >= 11 is 0. The molecule has 2 fully saturated rings. The topological polar surface area (TPSA) is 59.2 Å². The highest BCUT2D eigenvalue weighted by atomic mass is 16.5. The summed E-state index contributed by atoms with van der Waals surface area (Å²) in [7, 11) is 0. The van der Waals surface area contributed by atoms with Gasteiger partial charge in [-0.1, -0.05) is 11.6 Å². The van der Waals surface area contributed by atoms with Gasteiger partial charge in [0.25, 0.3) is 0 Å². The molecule has 1 amide bonds. The van der Waals surface area contributed by atoms with Crippen molar-refractivity contribution in [2.24, 2.45) is 5.92 Å². The van der Waals surface area contributed by atoms with Gasteiger partial charge in [0.1, 0.15) is 0 Å². The Labute approximate surface area is 107 Å². The lowest BCUT2D eigenvalue weighted by atomic mass is 9.83. The maximum absolute atomic E-state index is 12.2. The first kappa shape index (κ1) is 11.7. The third-order valence-electron chi connectivity index (χ3n) is 4.10. The molecule has 5 nitrogen and oxygen atoms in total. The Hall–Kier alpha value is -1.39.